The molecule has 0 unspecified atom stereocenters. The van der Waals surface area contributed by atoms with E-state index in [1.807, 2.05) is 6.92 Å². The number of aryl methyl sites for hydroxylation is 1. The molecule has 0 saturated heterocycles. The minimum Gasteiger partial charge on any atom is -0.478 e. The molecule has 1 rings (SSSR count). The highest BCUT2D eigenvalue weighted by Gasteiger charge is 2.07. The molecular formula is C15H24N2O3. The first-order chi connectivity index (χ1) is 9.67. The number of anilines is 1. The Labute approximate surface area is 120 Å². The van der Waals surface area contributed by atoms with Crippen LogP contribution in [-0.2, 0) is 6.42 Å². The summed E-state index contributed by atoms with van der Waals surface area (Å²) in [4.78, 5) is 15.5. The topological polar surface area (TPSA) is 82.5 Å². The van der Waals surface area contributed by atoms with Gasteiger partial charge in [-0.3, -0.25) is 0 Å². The largest absolute Gasteiger partial charge is 0.478 e. The van der Waals surface area contributed by atoms with Gasteiger partial charge >= 0.3 is 5.97 Å². The van der Waals surface area contributed by atoms with Gasteiger partial charge in [0.05, 0.1) is 5.56 Å². The lowest BCUT2D eigenvalue weighted by Crippen LogP contribution is -2.08. The number of hydrogen-bond donors (Lipinski definition) is 3. The van der Waals surface area contributed by atoms with Gasteiger partial charge in [-0.25, -0.2) is 9.78 Å². The molecule has 5 nitrogen and oxygen atoms in total. The van der Waals surface area contributed by atoms with E-state index >= 15 is 0 Å². The van der Waals surface area contributed by atoms with E-state index in [9.17, 15) is 4.79 Å². The number of carboxylic acids is 1. The summed E-state index contributed by atoms with van der Waals surface area (Å²) in [5.74, 6) is -0.286. The number of rotatable bonds is 10. The van der Waals surface area contributed by atoms with Crippen molar-refractivity contribution in [3.63, 3.8) is 0 Å². The predicted octanol–water partition coefficient (Wildman–Crippen LogP) is 2.70. The molecule has 0 aliphatic heterocycles. The second-order valence-electron chi connectivity index (χ2n) is 4.85. The van der Waals surface area contributed by atoms with Gasteiger partial charge in [-0.05, 0) is 31.4 Å². The van der Waals surface area contributed by atoms with Gasteiger partial charge < -0.3 is 15.5 Å². The lowest BCUT2D eigenvalue weighted by Gasteiger charge is -2.09. The third kappa shape index (κ3) is 6.02. The number of hydrogen-bond acceptors (Lipinski definition) is 4. The van der Waals surface area contributed by atoms with Crippen LogP contribution in [0.25, 0.3) is 0 Å². The van der Waals surface area contributed by atoms with Gasteiger partial charge in [0.25, 0.3) is 0 Å². The van der Waals surface area contributed by atoms with Gasteiger partial charge in [0.2, 0.25) is 0 Å². The van der Waals surface area contributed by atoms with Crippen LogP contribution < -0.4 is 5.32 Å². The fraction of sp³-hybridized carbons (Fsp3) is 0.600. The molecule has 112 valence electrons. The van der Waals surface area contributed by atoms with E-state index in [2.05, 4.69) is 10.3 Å². The summed E-state index contributed by atoms with van der Waals surface area (Å²) >= 11 is 0. The van der Waals surface area contributed by atoms with Crippen LogP contribution >= 0.6 is 0 Å². The Balaban J connectivity index is 2.53. The molecule has 0 aliphatic carbocycles. The summed E-state index contributed by atoms with van der Waals surface area (Å²) in [6, 6.07) is 3.22. The van der Waals surface area contributed by atoms with Crippen molar-refractivity contribution in [3.05, 3.63) is 23.4 Å². The van der Waals surface area contributed by atoms with Crippen molar-refractivity contribution in [3.8, 4) is 0 Å². The van der Waals surface area contributed by atoms with Crippen LogP contribution in [-0.4, -0.2) is 34.3 Å². The Hall–Kier alpha value is -1.62. The zero-order valence-electron chi connectivity index (χ0n) is 12.1. The maximum atomic E-state index is 11.1. The number of aliphatic hydroxyl groups is 1. The monoisotopic (exact) mass is 280 g/mol. The van der Waals surface area contributed by atoms with Crippen molar-refractivity contribution >= 4 is 11.8 Å². The fourth-order valence-corrected chi connectivity index (χ4v) is 1.99. The minimum absolute atomic E-state index is 0.246. The predicted molar refractivity (Wildman–Crippen MR) is 79.2 cm³/mol. The number of nitrogens with one attached hydrogen (secondary N) is 1. The van der Waals surface area contributed by atoms with Crippen LogP contribution in [0.5, 0.6) is 0 Å². The van der Waals surface area contributed by atoms with Crippen LogP contribution in [0.1, 0.15) is 55.1 Å². The first-order valence-corrected chi connectivity index (χ1v) is 7.26. The van der Waals surface area contributed by atoms with Gasteiger partial charge in [-0.1, -0.05) is 26.2 Å². The zero-order chi connectivity index (χ0) is 14.8. The highest BCUT2D eigenvalue weighted by molar-refractivity contribution is 5.88. The van der Waals surface area contributed by atoms with Gasteiger partial charge in [0.1, 0.15) is 5.82 Å². The molecular weight excluding hydrogens is 256 g/mol. The molecule has 0 atom stereocenters. The van der Waals surface area contributed by atoms with Crippen molar-refractivity contribution in [1.29, 1.82) is 0 Å². The molecule has 5 heteroatoms. The molecule has 1 heterocycles. The molecule has 3 N–H and O–H groups in total. The highest BCUT2D eigenvalue weighted by Crippen LogP contribution is 2.13. The Morgan fingerprint density at radius 2 is 2.00 bits per heavy atom. The maximum absolute atomic E-state index is 11.1. The van der Waals surface area contributed by atoms with Crippen molar-refractivity contribution in [2.75, 3.05) is 18.5 Å². The average Bonchev–Trinajstić information content (AvgIpc) is 2.43. The van der Waals surface area contributed by atoms with E-state index in [1.54, 1.807) is 12.1 Å². The normalized spacial score (nSPS) is 10.5. The molecule has 20 heavy (non-hydrogen) atoms. The van der Waals surface area contributed by atoms with E-state index in [1.165, 1.54) is 0 Å². The molecule has 0 aromatic carbocycles. The van der Waals surface area contributed by atoms with E-state index in [0.29, 0.717) is 5.82 Å². The number of nitrogens with zero attached hydrogens (tertiary/aromatic N) is 1. The number of aromatic nitrogens is 1. The summed E-state index contributed by atoms with van der Waals surface area (Å²) in [5.41, 5.74) is 1.10. The van der Waals surface area contributed by atoms with Crippen LogP contribution in [0.2, 0.25) is 0 Å². The second-order valence-corrected chi connectivity index (χ2v) is 4.85. The summed E-state index contributed by atoms with van der Waals surface area (Å²) in [5, 5.41) is 21.0. The molecule has 0 bridgehead atoms. The summed E-state index contributed by atoms with van der Waals surface area (Å²) in [6.45, 7) is 3.06. The van der Waals surface area contributed by atoms with Crippen molar-refractivity contribution in [2.24, 2.45) is 0 Å². The zero-order valence-corrected chi connectivity index (χ0v) is 12.1. The first kappa shape index (κ1) is 16.4. The molecule has 0 saturated carbocycles. The standard InChI is InChI=1S/C15H24N2O3/c1-2-7-13-10-12(15(19)20)11-14(17-13)16-8-5-3-4-6-9-18/h10-11,18H,2-9H2,1H3,(H,16,17)(H,19,20). The van der Waals surface area contributed by atoms with Gasteiger partial charge in [-0.15, -0.1) is 0 Å². The molecule has 0 spiro atoms. The van der Waals surface area contributed by atoms with Crippen LogP contribution in [0, 0.1) is 0 Å². The van der Waals surface area contributed by atoms with Gasteiger partial charge in [0.15, 0.2) is 0 Å². The van der Waals surface area contributed by atoms with E-state index < -0.39 is 5.97 Å². The number of unbranched alkanes of at least 4 members (excludes halogenated alkanes) is 3. The lowest BCUT2D eigenvalue weighted by atomic mass is 10.1. The fourth-order valence-electron chi connectivity index (χ4n) is 1.99. The van der Waals surface area contributed by atoms with Crippen LogP contribution in [0.15, 0.2) is 12.1 Å². The van der Waals surface area contributed by atoms with E-state index in [0.717, 1.165) is 50.8 Å². The summed E-state index contributed by atoms with van der Waals surface area (Å²) in [7, 11) is 0. The Bertz CT molecular complexity index is 422. The Morgan fingerprint density at radius 1 is 1.25 bits per heavy atom. The van der Waals surface area contributed by atoms with Gasteiger partial charge in [-0.2, -0.15) is 0 Å². The molecule has 0 amide bonds. The van der Waals surface area contributed by atoms with Gasteiger partial charge in [0, 0.05) is 18.8 Å². The maximum Gasteiger partial charge on any atom is 0.335 e. The second kappa shape index (κ2) is 9.31. The van der Waals surface area contributed by atoms with Crippen LogP contribution in [0.4, 0.5) is 5.82 Å². The quantitative estimate of drug-likeness (QED) is 0.574. The third-order valence-corrected chi connectivity index (χ3v) is 3.02. The molecule has 0 aliphatic rings. The number of carboxylic acid groups (broad SMARTS) is 1. The average molecular weight is 280 g/mol. The first-order valence-electron chi connectivity index (χ1n) is 7.26. The lowest BCUT2D eigenvalue weighted by molar-refractivity contribution is 0.0696. The number of aromatic carboxylic acids is 1. The Morgan fingerprint density at radius 3 is 2.65 bits per heavy atom. The molecule has 0 fully saturated rings. The minimum atomic E-state index is -0.921. The van der Waals surface area contributed by atoms with E-state index in [-0.39, 0.29) is 12.2 Å². The van der Waals surface area contributed by atoms with Crippen molar-refractivity contribution < 1.29 is 15.0 Å². The molecule has 1 aromatic heterocycles. The number of carbonyl (C=O) groups is 1. The summed E-state index contributed by atoms with van der Waals surface area (Å²) < 4.78 is 0. The van der Waals surface area contributed by atoms with Crippen molar-refractivity contribution in [1.82, 2.24) is 4.98 Å². The molecule has 0 radical (unpaired) electrons. The summed E-state index contributed by atoms with van der Waals surface area (Å²) in [6.07, 6.45) is 5.62. The number of aliphatic hydroxyl groups excluding tert-OH is 1. The Kier molecular flexibility index (Phi) is 7.65. The highest BCUT2D eigenvalue weighted by atomic mass is 16.4. The van der Waals surface area contributed by atoms with Crippen LogP contribution in [0.3, 0.4) is 0 Å². The molecule has 1 aromatic rings. The van der Waals surface area contributed by atoms with E-state index in [4.69, 9.17) is 10.2 Å². The third-order valence-electron chi connectivity index (χ3n) is 3.02. The SMILES string of the molecule is CCCc1cc(C(=O)O)cc(NCCCCCCO)n1. The number of pyridine rings is 1. The smallest absolute Gasteiger partial charge is 0.335 e. The van der Waals surface area contributed by atoms with Crippen molar-refractivity contribution in [2.45, 2.75) is 45.4 Å².